The number of carbonyl (C=O) groups is 2. The number of carbonyl (C=O) groups excluding carboxylic acids is 2. The van der Waals surface area contributed by atoms with E-state index in [1.54, 1.807) is 12.1 Å². The zero-order chi connectivity index (χ0) is 13.1. The molecule has 2 N–H and O–H groups in total. The van der Waals surface area contributed by atoms with E-state index in [1.807, 2.05) is 17.0 Å². The molecule has 1 aromatic carbocycles. The lowest BCUT2D eigenvalue weighted by Gasteiger charge is -2.35. The minimum atomic E-state index is -0.304. The molecular weight excluding hydrogens is 228 g/mol. The van der Waals surface area contributed by atoms with Crippen LogP contribution in [0.5, 0.6) is 0 Å². The van der Waals surface area contributed by atoms with Gasteiger partial charge in [-0.15, -0.1) is 0 Å². The number of rotatable bonds is 3. The summed E-state index contributed by atoms with van der Waals surface area (Å²) < 4.78 is 0. The highest BCUT2D eigenvalue weighted by molar-refractivity contribution is 5.94. The summed E-state index contributed by atoms with van der Waals surface area (Å²) in [5.74, 6) is -0.262. The smallest absolute Gasteiger partial charge is 0.240 e. The highest BCUT2D eigenvalue weighted by atomic mass is 16.1. The zero-order valence-electron chi connectivity index (χ0n) is 10.4. The van der Waals surface area contributed by atoms with Crippen LogP contribution in [0.3, 0.4) is 0 Å². The maximum Gasteiger partial charge on any atom is 0.240 e. The van der Waals surface area contributed by atoms with E-state index in [9.17, 15) is 9.59 Å². The van der Waals surface area contributed by atoms with Gasteiger partial charge in [0.05, 0.1) is 0 Å². The van der Waals surface area contributed by atoms with E-state index in [-0.39, 0.29) is 17.7 Å². The molecule has 0 spiro atoms. The zero-order valence-corrected chi connectivity index (χ0v) is 10.4. The summed E-state index contributed by atoms with van der Waals surface area (Å²) in [6, 6.07) is 7.04. The summed E-state index contributed by atoms with van der Waals surface area (Å²) in [5.41, 5.74) is 7.04. The largest absolute Gasteiger partial charge is 0.368 e. The third kappa shape index (κ3) is 2.53. The minimum absolute atomic E-state index is 0.0416. The summed E-state index contributed by atoms with van der Waals surface area (Å²) in [5, 5.41) is 0. The first-order valence-corrected chi connectivity index (χ1v) is 6.08. The molecule has 1 radical (unpaired) electrons. The maximum atomic E-state index is 11.4. The van der Waals surface area contributed by atoms with Gasteiger partial charge in [0.2, 0.25) is 5.91 Å². The second kappa shape index (κ2) is 5.21. The van der Waals surface area contributed by atoms with E-state index in [1.165, 1.54) is 6.92 Å². The lowest BCUT2D eigenvalue weighted by molar-refractivity contribution is -0.119. The van der Waals surface area contributed by atoms with Crippen molar-refractivity contribution in [3.63, 3.8) is 0 Å². The predicted octanol–water partition coefficient (Wildman–Crippen LogP) is 1.55. The van der Waals surface area contributed by atoms with E-state index >= 15 is 0 Å². The average Bonchev–Trinajstić information content (AvgIpc) is 2.39. The van der Waals surface area contributed by atoms with Crippen LogP contribution in [0.25, 0.3) is 0 Å². The minimum Gasteiger partial charge on any atom is -0.368 e. The van der Waals surface area contributed by atoms with Crippen molar-refractivity contribution in [2.75, 3.05) is 11.4 Å². The fourth-order valence-corrected chi connectivity index (χ4v) is 2.26. The number of hydrogen-bond donors (Lipinski definition) is 1. The van der Waals surface area contributed by atoms with Crippen molar-refractivity contribution in [2.45, 2.75) is 25.8 Å². The quantitative estimate of drug-likeness (QED) is 0.822. The number of nitrogens with two attached hydrogens (primary N) is 1. The molecule has 1 atom stereocenters. The SMILES string of the molecule is CC(=O)c1ccc(N2CC[CH]CC2C(N)=O)cc1. The van der Waals surface area contributed by atoms with Crippen molar-refractivity contribution >= 4 is 17.4 Å². The number of ketones is 1. The van der Waals surface area contributed by atoms with E-state index in [0.29, 0.717) is 12.0 Å². The molecule has 0 bridgehead atoms. The van der Waals surface area contributed by atoms with Crippen molar-refractivity contribution in [1.82, 2.24) is 0 Å². The summed E-state index contributed by atoms with van der Waals surface area (Å²) >= 11 is 0. The van der Waals surface area contributed by atoms with Gasteiger partial charge in [-0.05, 0) is 50.5 Å². The molecule has 95 valence electrons. The normalized spacial score (nSPS) is 19.6. The van der Waals surface area contributed by atoms with Gasteiger partial charge in [0.1, 0.15) is 6.04 Å². The Kier molecular flexibility index (Phi) is 3.65. The maximum absolute atomic E-state index is 11.4. The molecule has 0 aromatic heterocycles. The van der Waals surface area contributed by atoms with Crippen molar-refractivity contribution in [1.29, 1.82) is 0 Å². The highest BCUT2D eigenvalue weighted by Crippen LogP contribution is 2.24. The van der Waals surface area contributed by atoms with Crippen molar-refractivity contribution in [3.8, 4) is 0 Å². The van der Waals surface area contributed by atoms with Crippen LogP contribution in [0.15, 0.2) is 24.3 Å². The van der Waals surface area contributed by atoms with Gasteiger partial charge in [0, 0.05) is 17.8 Å². The molecule has 4 nitrogen and oxygen atoms in total. The molecule has 1 fully saturated rings. The Morgan fingerprint density at radius 3 is 2.50 bits per heavy atom. The van der Waals surface area contributed by atoms with Crippen LogP contribution in [-0.4, -0.2) is 24.3 Å². The number of anilines is 1. The third-order valence-electron chi connectivity index (χ3n) is 3.27. The number of amides is 1. The van der Waals surface area contributed by atoms with Crippen LogP contribution in [-0.2, 0) is 4.79 Å². The van der Waals surface area contributed by atoms with Gasteiger partial charge in [-0.1, -0.05) is 0 Å². The second-order valence-electron chi connectivity index (χ2n) is 4.53. The number of primary amides is 1. The highest BCUT2D eigenvalue weighted by Gasteiger charge is 2.27. The molecule has 0 aliphatic carbocycles. The molecule has 2 rings (SSSR count). The van der Waals surface area contributed by atoms with Crippen molar-refractivity contribution in [2.24, 2.45) is 5.73 Å². The Balaban J connectivity index is 2.23. The first-order valence-electron chi connectivity index (χ1n) is 6.08. The molecule has 1 aliphatic heterocycles. The molecule has 0 saturated carbocycles. The molecule has 18 heavy (non-hydrogen) atoms. The Bertz CT molecular complexity index is 453. The van der Waals surface area contributed by atoms with E-state index in [4.69, 9.17) is 5.73 Å². The van der Waals surface area contributed by atoms with Gasteiger partial charge < -0.3 is 10.6 Å². The van der Waals surface area contributed by atoms with Crippen LogP contribution in [0.2, 0.25) is 0 Å². The number of piperidine rings is 1. The van der Waals surface area contributed by atoms with Crippen LogP contribution in [0.1, 0.15) is 30.1 Å². The Labute approximate surface area is 107 Å². The van der Waals surface area contributed by atoms with Gasteiger partial charge in [-0.25, -0.2) is 0 Å². The molecule has 1 saturated heterocycles. The number of nitrogens with zero attached hydrogens (tertiary/aromatic N) is 1. The fourth-order valence-electron chi connectivity index (χ4n) is 2.26. The predicted molar refractivity (Wildman–Crippen MR) is 70.3 cm³/mol. The fraction of sp³-hybridized carbons (Fsp3) is 0.357. The van der Waals surface area contributed by atoms with Gasteiger partial charge in [-0.2, -0.15) is 0 Å². The Hall–Kier alpha value is -1.84. The number of hydrogen-bond acceptors (Lipinski definition) is 3. The Morgan fingerprint density at radius 1 is 1.28 bits per heavy atom. The third-order valence-corrected chi connectivity index (χ3v) is 3.27. The Morgan fingerprint density at radius 2 is 1.94 bits per heavy atom. The van der Waals surface area contributed by atoms with Crippen LogP contribution < -0.4 is 10.6 Å². The molecular formula is C14H17N2O2. The van der Waals surface area contributed by atoms with Crippen LogP contribution >= 0.6 is 0 Å². The molecule has 1 amide bonds. The van der Waals surface area contributed by atoms with Gasteiger partial charge >= 0.3 is 0 Å². The molecule has 4 heteroatoms. The number of benzene rings is 1. The van der Waals surface area contributed by atoms with Crippen LogP contribution in [0.4, 0.5) is 5.69 Å². The molecule has 1 aromatic rings. The van der Waals surface area contributed by atoms with E-state index in [2.05, 4.69) is 6.42 Å². The summed E-state index contributed by atoms with van der Waals surface area (Å²) in [4.78, 5) is 24.6. The van der Waals surface area contributed by atoms with Gasteiger partial charge in [0.25, 0.3) is 0 Å². The van der Waals surface area contributed by atoms with Crippen molar-refractivity contribution in [3.05, 3.63) is 36.2 Å². The lowest BCUT2D eigenvalue weighted by Crippen LogP contribution is -2.48. The van der Waals surface area contributed by atoms with E-state index in [0.717, 1.165) is 18.7 Å². The van der Waals surface area contributed by atoms with Gasteiger partial charge in [0.15, 0.2) is 5.78 Å². The lowest BCUT2D eigenvalue weighted by atomic mass is 10.00. The second-order valence-corrected chi connectivity index (χ2v) is 4.53. The first kappa shape index (κ1) is 12.6. The molecule has 1 aliphatic rings. The monoisotopic (exact) mass is 245 g/mol. The van der Waals surface area contributed by atoms with Gasteiger partial charge in [-0.3, -0.25) is 9.59 Å². The first-order chi connectivity index (χ1) is 8.59. The summed E-state index contributed by atoms with van der Waals surface area (Å²) in [7, 11) is 0. The van der Waals surface area contributed by atoms with E-state index < -0.39 is 0 Å². The summed E-state index contributed by atoms with van der Waals surface area (Å²) in [6.45, 7) is 2.32. The van der Waals surface area contributed by atoms with Crippen molar-refractivity contribution < 1.29 is 9.59 Å². The standard InChI is InChI=1S/C14H17N2O2/c1-10(17)11-5-7-12(8-6-11)16-9-3-2-4-13(16)14(15)18/h2,5-8,13H,3-4,9H2,1H3,(H2,15,18). The summed E-state index contributed by atoms with van der Waals surface area (Å²) in [6.07, 6.45) is 3.72. The average molecular weight is 245 g/mol. The molecule has 1 unspecified atom stereocenters. The number of Topliss-reactive ketones (excluding diaryl/α,β-unsaturated/α-hetero) is 1. The topological polar surface area (TPSA) is 63.4 Å². The molecule has 1 heterocycles. The van der Waals surface area contributed by atoms with Crippen LogP contribution in [0, 0.1) is 6.42 Å².